The molecule has 2 N–H and O–H groups in total. The molecule has 0 aliphatic carbocycles. The van der Waals surface area contributed by atoms with Crippen molar-refractivity contribution < 1.29 is 22.3 Å². The summed E-state index contributed by atoms with van der Waals surface area (Å²) in [6.45, 7) is 0.543. The SMILES string of the molecule is NC(C1=COCCC1)c1cc(C(F)(F)F)ccc1F. The normalized spacial score (nSPS) is 17.6. The monoisotopic (exact) mass is 275 g/mol. The molecule has 0 aromatic heterocycles. The second-order valence-electron chi connectivity index (χ2n) is 4.38. The van der Waals surface area contributed by atoms with Gasteiger partial charge in [0.05, 0.1) is 24.5 Å². The predicted molar refractivity (Wildman–Crippen MR) is 61.6 cm³/mol. The average molecular weight is 275 g/mol. The van der Waals surface area contributed by atoms with E-state index in [1.165, 1.54) is 6.26 Å². The van der Waals surface area contributed by atoms with Crippen molar-refractivity contribution in [3.63, 3.8) is 0 Å². The summed E-state index contributed by atoms with van der Waals surface area (Å²) < 4.78 is 56.5. The molecule has 0 fully saturated rings. The molecule has 1 unspecified atom stereocenters. The number of benzene rings is 1. The Labute approximate surface area is 107 Å². The highest BCUT2D eigenvalue weighted by Crippen LogP contribution is 2.34. The fourth-order valence-electron chi connectivity index (χ4n) is 1.97. The minimum Gasteiger partial charge on any atom is -0.501 e. The lowest BCUT2D eigenvalue weighted by Crippen LogP contribution is -2.19. The number of ether oxygens (including phenoxy) is 1. The van der Waals surface area contributed by atoms with Gasteiger partial charge in [0.25, 0.3) is 0 Å². The third-order valence-corrected chi connectivity index (χ3v) is 3.02. The molecule has 2 nitrogen and oxygen atoms in total. The molecule has 0 spiro atoms. The Balaban J connectivity index is 2.35. The first kappa shape index (κ1) is 13.9. The van der Waals surface area contributed by atoms with Crippen LogP contribution in [0.4, 0.5) is 17.6 Å². The Morgan fingerprint density at radius 2 is 2.00 bits per heavy atom. The predicted octanol–water partition coefficient (Wildman–Crippen LogP) is 3.54. The van der Waals surface area contributed by atoms with Gasteiger partial charge in [-0.1, -0.05) is 0 Å². The first-order valence-corrected chi connectivity index (χ1v) is 5.82. The van der Waals surface area contributed by atoms with Gasteiger partial charge < -0.3 is 10.5 Å². The Kier molecular flexibility index (Phi) is 3.80. The highest BCUT2D eigenvalue weighted by atomic mass is 19.4. The minimum absolute atomic E-state index is 0.161. The zero-order valence-corrected chi connectivity index (χ0v) is 10.0. The fraction of sp³-hybridized carbons (Fsp3) is 0.385. The van der Waals surface area contributed by atoms with E-state index >= 15 is 0 Å². The van der Waals surface area contributed by atoms with Crippen LogP contribution in [0, 0.1) is 5.82 Å². The van der Waals surface area contributed by atoms with E-state index in [9.17, 15) is 17.6 Å². The van der Waals surface area contributed by atoms with Crippen molar-refractivity contribution in [2.75, 3.05) is 6.61 Å². The van der Waals surface area contributed by atoms with Crippen LogP contribution in [0.15, 0.2) is 30.0 Å². The van der Waals surface area contributed by atoms with Gasteiger partial charge in [0, 0.05) is 5.56 Å². The number of rotatable bonds is 2. The van der Waals surface area contributed by atoms with E-state index in [-0.39, 0.29) is 5.56 Å². The molecule has 19 heavy (non-hydrogen) atoms. The van der Waals surface area contributed by atoms with Crippen molar-refractivity contribution in [2.45, 2.75) is 25.1 Å². The van der Waals surface area contributed by atoms with E-state index in [0.29, 0.717) is 24.7 Å². The Morgan fingerprint density at radius 3 is 2.58 bits per heavy atom. The minimum atomic E-state index is -4.51. The van der Waals surface area contributed by atoms with Crippen LogP contribution in [0.5, 0.6) is 0 Å². The van der Waals surface area contributed by atoms with E-state index in [1.807, 2.05) is 0 Å². The molecule has 0 radical (unpaired) electrons. The molecular formula is C13H13F4NO. The van der Waals surface area contributed by atoms with E-state index in [1.54, 1.807) is 0 Å². The molecule has 0 saturated heterocycles. The molecule has 2 rings (SSSR count). The van der Waals surface area contributed by atoms with Gasteiger partial charge in [0.15, 0.2) is 0 Å². The van der Waals surface area contributed by atoms with E-state index in [2.05, 4.69) is 0 Å². The lowest BCUT2D eigenvalue weighted by molar-refractivity contribution is -0.137. The summed E-state index contributed by atoms with van der Waals surface area (Å²) in [5.41, 5.74) is 5.36. The summed E-state index contributed by atoms with van der Waals surface area (Å²) in [5, 5.41) is 0. The Morgan fingerprint density at radius 1 is 1.26 bits per heavy atom. The molecule has 6 heteroatoms. The van der Waals surface area contributed by atoms with Crippen LogP contribution >= 0.6 is 0 Å². The molecule has 1 aliphatic rings. The van der Waals surface area contributed by atoms with Crippen molar-refractivity contribution in [3.05, 3.63) is 47.0 Å². The zero-order chi connectivity index (χ0) is 14.0. The molecule has 1 atom stereocenters. The molecule has 1 aliphatic heterocycles. The van der Waals surface area contributed by atoms with E-state index in [0.717, 1.165) is 18.6 Å². The summed E-state index contributed by atoms with van der Waals surface area (Å²) in [4.78, 5) is 0. The van der Waals surface area contributed by atoms with Gasteiger partial charge in [-0.3, -0.25) is 0 Å². The van der Waals surface area contributed by atoms with Crippen LogP contribution in [-0.2, 0) is 10.9 Å². The number of alkyl halides is 3. The molecule has 104 valence electrons. The van der Waals surface area contributed by atoms with Crippen LogP contribution in [-0.4, -0.2) is 6.61 Å². The van der Waals surface area contributed by atoms with Gasteiger partial charge in [-0.2, -0.15) is 13.2 Å². The molecule has 1 aromatic carbocycles. The lowest BCUT2D eigenvalue weighted by Gasteiger charge is -2.21. The standard InChI is InChI=1S/C13H13F4NO/c14-11-4-3-9(13(15,16)17)6-10(11)12(18)8-2-1-5-19-7-8/h3-4,6-7,12H,1-2,5,18H2. The van der Waals surface area contributed by atoms with Gasteiger partial charge in [-0.15, -0.1) is 0 Å². The van der Waals surface area contributed by atoms with Crippen LogP contribution < -0.4 is 5.73 Å². The Hall–Kier alpha value is -1.56. The van der Waals surface area contributed by atoms with Crippen LogP contribution in [0.1, 0.15) is 30.0 Å². The van der Waals surface area contributed by atoms with Crippen molar-refractivity contribution in [3.8, 4) is 0 Å². The molecule has 1 aromatic rings. The van der Waals surface area contributed by atoms with Crippen molar-refractivity contribution in [2.24, 2.45) is 5.73 Å². The third kappa shape index (κ3) is 3.07. The van der Waals surface area contributed by atoms with Crippen molar-refractivity contribution in [1.82, 2.24) is 0 Å². The van der Waals surface area contributed by atoms with E-state index < -0.39 is 23.6 Å². The van der Waals surface area contributed by atoms with Gasteiger partial charge in [-0.25, -0.2) is 4.39 Å². The zero-order valence-electron chi connectivity index (χ0n) is 10.0. The summed E-state index contributed by atoms with van der Waals surface area (Å²) in [6.07, 6.45) is -1.79. The summed E-state index contributed by atoms with van der Waals surface area (Å²) in [7, 11) is 0. The largest absolute Gasteiger partial charge is 0.501 e. The number of hydrogen-bond acceptors (Lipinski definition) is 2. The van der Waals surface area contributed by atoms with Crippen LogP contribution in [0.2, 0.25) is 0 Å². The molecule has 1 heterocycles. The number of nitrogens with two attached hydrogens (primary N) is 1. The lowest BCUT2D eigenvalue weighted by atomic mass is 9.94. The van der Waals surface area contributed by atoms with Crippen molar-refractivity contribution >= 4 is 0 Å². The highest BCUT2D eigenvalue weighted by molar-refractivity contribution is 5.34. The second kappa shape index (κ2) is 5.21. The molecule has 0 bridgehead atoms. The quantitative estimate of drug-likeness (QED) is 0.838. The molecule has 0 amide bonds. The third-order valence-electron chi connectivity index (χ3n) is 3.02. The van der Waals surface area contributed by atoms with Gasteiger partial charge in [-0.05, 0) is 36.6 Å². The maximum absolute atomic E-state index is 13.6. The Bertz CT molecular complexity index is 496. The first-order valence-electron chi connectivity index (χ1n) is 5.82. The summed E-state index contributed by atoms with van der Waals surface area (Å²) in [5.74, 6) is -0.744. The maximum atomic E-state index is 13.6. The second-order valence-corrected chi connectivity index (χ2v) is 4.38. The van der Waals surface area contributed by atoms with Gasteiger partial charge >= 0.3 is 6.18 Å². The van der Waals surface area contributed by atoms with Gasteiger partial charge in [0.1, 0.15) is 5.82 Å². The average Bonchev–Trinajstić information content (AvgIpc) is 2.38. The smallest absolute Gasteiger partial charge is 0.416 e. The first-order chi connectivity index (χ1) is 8.89. The summed E-state index contributed by atoms with van der Waals surface area (Å²) >= 11 is 0. The van der Waals surface area contributed by atoms with Crippen LogP contribution in [0.25, 0.3) is 0 Å². The van der Waals surface area contributed by atoms with E-state index in [4.69, 9.17) is 10.5 Å². The van der Waals surface area contributed by atoms with Crippen molar-refractivity contribution in [1.29, 1.82) is 0 Å². The highest BCUT2D eigenvalue weighted by Gasteiger charge is 2.32. The summed E-state index contributed by atoms with van der Waals surface area (Å²) in [6, 6.07) is 1.34. The maximum Gasteiger partial charge on any atom is 0.416 e. The topological polar surface area (TPSA) is 35.2 Å². The number of halogens is 4. The van der Waals surface area contributed by atoms with Gasteiger partial charge in [0.2, 0.25) is 0 Å². The fourth-order valence-corrected chi connectivity index (χ4v) is 1.97. The number of hydrogen-bond donors (Lipinski definition) is 1. The van der Waals surface area contributed by atoms with Crippen LogP contribution in [0.3, 0.4) is 0 Å². The molecule has 0 saturated carbocycles. The molecular weight excluding hydrogens is 262 g/mol.